The molecule has 4 atom stereocenters. The number of ether oxygens (including phenoxy) is 3. The zero-order valence-corrected chi connectivity index (χ0v) is 32.9. The fourth-order valence-electron chi connectivity index (χ4n) is 4.83. The Kier molecular flexibility index (Phi) is 12.4. The van der Waals surface area contributed by atoms with E-state index in [9.17, 15) is 9.36 Å². The molecule has 12 nitrogen and oxygen atoms in total. The van der Waals surface area contributed by atoms with E-state index in [-0.39, 0.29) is 50.9 Å². The van der Waals surface area contributed by atoms with Gasteiger partial charge in [0.2, 0.25) is 0 Å². The Morgan fingerprint density at radius 2 is 1.74 bits per heavy atom. The third-order valence-corrected chi connectivity index (χ3v) is 17.0. The Labute approximate surface area is 286 Å². The number of hydrogen-bond donors (Lipinski definition) is 0. The van der Waals surface area contributed by atoms with Crippen LogP contribution in [0.3, 0.4) is 0 Å². The Balaban J connectivity index is 1.67. The van der Waals surface area contributed by atoms with Gasteiger partial charge in [-0.2, -0.15) is 0 Å². The van der Waals surface area contributed by atoms with E-state index in [1.807, 2.05) is 43.5 Å². The molecule has 0 saturated carbocycles. The first-order chi connectivity index (χ1) is 21.9. The average molecular weight is 758 g/mol. The number of hydrogen-bond acceptors (Lipinski definition) is 10. The van der Waals surface area contributed by atoms with Gasteiger partial charge in [0.15, 0.2) is 0 Å². The fourth-order valence-corrected chi connectivity index (χ4v) is 9.89. The van der Waals surface area contributed by atoms with Crippen molar-refractivity contribution in [2.75, 3.05) is 26.1 Å². The van der Waals surface area contributed by atoms with E-state index in [0.717, 1.165) is 0 Å². The molecule has 2 aromatic rings. The molecule has 0 aliphatic carbocycles. The number of aliphatic imine (C=N–C) groups is 1. The summed E-state index contributed by atoms with van der Waals surface area (Å²) in [5, 5.41) is -0.0755. The van der Waals surface area contributed by atoms with Gasteiger partial charge in [-0.3, -0.25) is 0 Å². The van der Waals surface area contributed by atoms with Crippen molar-refractivity contribution >= 4 is 53.6 Å². The summed E-state index contributed by atoms with van der Waals surface area (Å²) >= 11 is -0.0236. The van der Waals surface area contributed by atoms with Crippen molar-refractivity contribution < 1.29 is 37.0 Å². The number of amides is 1. The molecular formula is C32H51N4O8PSeSi. The maximum absolute atomic E-state index is 13.3. The van der Waals surface area contributed by atoms with E-state index in [0.29, 0.717) is 17.9 Å². The van der Waals surface area contributed by atoms with Gasteiger partial charge in [0.25, 0.3) is 0 Å². The maximum atomic E-state index is 13.3. The summed E-state index contributed by atoms with van der Waals surface area (Å²) in [5.41, 5.74) is -0.0448. The summed E-state index contributed by atoms with van der Waals surface area (Å²) in [4.78, 5) is 24.3. The molecule has 2 aliphatic rings. The van der Waals surface area contributed by atoms with Crippen molar-refractivity contribution in [1.29, 1.82) is 0 Å². The zero-order valence-electron chi connectivity index (χ0n) is 29.3. The predicted molar refractivity (Wildman–Crippen MR) is 185 cm³/mol. The van der Waals surface area contributed by atoms with Crippen LogP contribution in [-0.2, 0) is 32.2 Å². The van der Waals surface area contributed by atoms with Crippen molar-refractivity contribution in [3.8, 4) is 0 Å². The zero-order chi connectivity index (χ0) is 34.6. The van der Waals surface area contributed by atoms with E-state index in [1.54, 1.807) is 20.2 Å². The van der Waals surface area contributed by atoms with Gasteiger partial charge in [-0.1, -0.05) is 0 Å². The molecular weight excluding hydrogens is 706 g/mol. The van der Waals surface area contributed by atoms with Crippen LogP contribution in [0.4, 0.5) is 10.6 Å². The molecule has 0 unspecified atom stereocenters. The Hall–Kier alpha value is -1.86. The normalized spacial score (nSPS) is 22.3. The Morgan fingerprint density at radius 1 is 1.09 bits per heavy atom. The standard InChI is InChI=1S/C32H51N4O8PSeSi/c1-11-40-45(38,41-12-2)22-39-29-25(46-23-16-14-13-15-17-23)18-26(42-29)36-21-33-27-24(44-47(9,10)32(6,7)8)19-35(20-34-28(27)36)30(37)43-31(3,4)5/h13-17,20-21,24-26,29H,11-12,18-19,22H2,1-10H3/t24-,25-,26-,29+/m1/s1. The molecule has 1 amide bonds. The average Bonchev–Trinajstić information content (AvgIpc) is 3.52. The molecule has 0 bridgehead atoms. The van der Waals surface area contributed by atoms with Gasteiger partial charge >= 0.3 is 288 Å². The molecule has 1 saturated heterocycles. The molecule has 0 spiro atoms. The monoisotopic (exact) mass is 758 g/mol. The molecule has 0 N–H and O–H groups in total. The van der Waals surface area contributed by atoms with E-state index < -0.39 is 46.2 Å². The van der Waals surface area contributed by atoms with Crippen molar-refractivity contribution in [2.24, 2.45) is 4.99 Å². The van der Waals surface area contributed by atoms with Crippen molar-refractivity contribution in [1.82, 2.24) is 14.5 Å². The van der Waals surface area contributed by atoms with Gasteiger partial charge in [0, 0.05) is 0 Å². The van der Waals surface area contributed by atoms with Gasteiger partial charge in [0.1, 0.15) is 0 Å². The van der Waals surface area contributed by atoms with E-state index in [4.69, 9.17) is 37.7 Å². The summed E-state index contributed by atoms with van der Waals surface area (Å²) in [6.07, 6.45) is 1.40. The van der Waals surface area contributed by atoms with Gasteiger partial charge < -0.3 is 0 Å². The summed E-state index contributed by atoms with van der Waals surface area (Å²) < 4.78 is 52.6. The molecule has 0 radical (unpaired) electrons. The number of fused-ring (bicyclic) bond motifs is 1. The predicted octanol–water partition coefficient (Wildman–Crippen LogP) is 7.16. The summed E-state index contributed by atoms with van der Waals surface area (Å²) in [5.74, 6) is 0.547. The first-order valence-corrected chi connectivity index (χ1v) is 22.6. The van der Waals surface area contributed by atoms with Crippen LogP contribution in [0.2, 0.25) is 22.9 Å². The minimum absolute atomic E-state index is 0.0167. The van der Waals surface area contributed by atoms with Gasteiger partial charge in [-0.05, 0) is 0 Å². The van der Waals surface area contributed by atoms with Crippen LogP contribution in [0, 0.1) is 0 Å². The van der Waals surface area contributed by atoms with E-state index in [1.165, 1.54) is 15.7 Å². The van der Waals surface area contributed by atoms with Crippen LogP contribution in [-0.4, -0.2) is 88.2 Å². The molecule has 15 heteroatoms. The molecule has 1 aromatic carbocycles. The van der Waals surface area contributed by atoms with Crippen LogP contribution in [0.1, 0.15) is 79.8 Å². The van der Waals surface area contributed by atoms with Crippen LogP contribution < -0.4 is 4.46 Å². The number of rotatable bonds is 12. The second kappa shape index (κ2) is 15.4. The summed E-state index contributed by atoms with van der Waals surface area (Å²) in [6.45, 7) is 20.6. The Morgan fingerprint density at radius 3 is 2.34 bits per heavy atom. The first kappa shape index (κ1) is 37.9. The van der Waals surface area contributed by atoms with Crippen LogP contribution in [0.25, 0.3) is 0 Å². The summed E-state index contributed by atoms with van der Waals surface area (Å²) in [7, 11) is -5.77. The molecule has 1 aromatic heterocycles. The summed E-state index contributed by atoms with van der Waals surface area (Å²) in [6, 6.07) is 10.2. The number of carbonyl (C=O) groups is 1. The number of imidazole rings is 1. The third kappa shape index (κ3) is 9.86. The molecule has 262 valence electrons. The van der Waals surface area contributed by atoms with Crippen molar-refractivity contribution in [2.45, 2.75) is 109 Å². The van der Waals surface area contributed by atoms with Crippen LogP contribution in [0.5, 0.6) is 0 Å². The number of nitrogens with zero attached hydrogens (tertiary/aromatic N) is 4. The fraction of sp³-hybridized carbons (Fsp3) is 0.656. The number of benzene rings is 1. The molecule has 4 rings (SSSR count). The number of aromatic nitrogens is 2. The second-order valence-electron chi connectivity index (χ2n) is 14.0. The van der Waals surface area contributed by atoms with Crippen molar-refractivity contribution in [3.05, 3.63) is 42.4 Å². The molecule has 2 aliphatic heterocycles. The van der Waals surface area contributed by atoms with E-state index >= 15 is 0 Å². The molecule has 3 heterocycles. The molecule has 1 fully saturated rings. The molecule has 47 heavy (non-hydrogen) atoms. The van der Waals surface area contributed by atoms with Crippen LogP contribution >= 0.6 is 7.60 Å². The quantitative estimate of drug-likeness (QED) is 0.164. The SMILES string of the molecule is CCOP(=O)(CO[C@H]1O[C@@H](n2cnc3c2N=CN(C(=O)OC(C)(C)C)C[C@H]3O[Si](C)(C)C(C)(C)C)C[C@H]1[Se]c1ccccc1)OCC. The third-order valence-electron chi connectivity index (χ3n) is 8.07. The number of carbonyl (C=O) groups excluding carboxylic acids is 1. The van der Waals surface area contributed by atoms with Gasteiger partial charge in [-0.25, -0.2) is 0 Å². The van der Waals surface area contributed by atoms with Gasteiger partial charge in [-0.15, -0.1) is 0 Å². The van der Waals surface area contributed by atoms with E-state index in [2.05, 4.69) is 46.0 Å². The first-order valence-electron chi connectivity index (χ1n) is 16.1. The van der Waals surface area contributed by atoms with Gasteiger partial charge in [0.05, 0.1) is 0 Å². The second-order valence-corrected chi connectivity index (χ2v) is 23.5. The minimum atomic E-state index is -3.46. The van der Waals surface area contributed by atoms with Crippen LogP contribution in [0.15, 0.2) is 41.7 Å². The van der Waals surface area contributed by atoms with Crippen molar-refractivity contribution in [3.63, 3.8) is 0 Å². The Bertz CT molecular complexity index is 1420. The topological polar surface area (TPSA) is 123 Å².